The molecule has 20 heavy (non-hydrogen) atoms. The molecule has 1 heterocycles. The molecule has 5 nitrogen and oxygen atoms in total. The molecule has 0 fully saturated rings. The summed E-state index contributed by atoms with van der Waals surface area (Å²) in [5, 5.41) is 12.5. The van der Waals surface area contributed by atoms with Gasteiger partial charge in [0.05, 0.1) is 6.10 Å². The van der Waals surface area contributed by atoms with Crippen molar-refractivity contribution in [2.45, 2.75) is 25.9 Å². The second-order valence-electron chi connectivity index (χ2n) is 4.66. The molecule has 0 saturated carbocycles. The molecule has 1 atom stereocenters. The van der Waals surface area contributed by atoms with Crippen molar-refractivity contribution in [3.63, 3.8) is 0 Å². The first-order valence-electron chi connectivity index (χ1n) is 6.42. The fourth-order valence-corrected chi connectivity index (χ4v) is 1.84. The number of carbonyl (C=O) groups is 1. The van der Waals surface area contributed by atoms with Crippen LogP contribution >= 0.6 is 0 Å². The maximum Gasteiger partial charge on any atom is 0.374 e. The largest absolute Gasteiger partial charge is 0.475 e. The summed E-state index contributed by atoms with van der Waals surface area (Å²) in [5.41, 5.74) is 2.57. The summed E-state index contributed by atoms with van der Waals surface area (Å²) in [6.45, 7) is 2.04. The molecule has 2 aromatic rings. The molecule has 0 amide bonds. The first-order chi connectivity index (χ1) is 9.60. The highest BCUT2D eigenvalue weighted by Crippen LogP contribution is 2.20. The molecule has 1 aromatic heterocycles. The summed E-state index contributed by atoms with van der Waals surface area (Å²) in [6, 6.07) is 9.26. The summed E-state index contributed by atoms with van der Waals surface area (Å²) < 4.78 is 9.95. The predicted molar refractivity (Wildman–Crippen MR) is 73.7 cm³/mol. The SMILES string of the molecule is COC(C)CCc1ccc(-c2cc(C(=O)O)on2)cc1. The Hall–Kier alpha value is -2.14. The lowest BCUT2D eigenvalue weighted by atomic mass is 10.0. The van der Waals surface area contributed by atoms with Crippen LogP contribution < -0.4 is 0 Å². The monoisotopic (exact) mass is 275 g/mol. The zero-order valence-corrected chi connectivity index (χ0v) is 11.5. The van der Waals surface area contributed by atoms with E-state index in [1.807, 2.05) is 31.2 Å². The van der Waals surface area contributed by atoms with Gasteiger partial charge in [0, 0.05) is 18.7 Å². The molecular weight excluding hydrogens is 258 g/mol. The molecule has 2 rings (SSSR count). The molecule has 0 saturated heterocycles. The van der Waals surface area contributed by atoms with Gasteiger partial charge < -0.3 is 14.4 Å². The highest BCUT2D eigenvalue weighted by atomic mass is 16.5. The third-order valence-corrected chi connectivity index (χ3v) is 3.21. The zero-order chi connectivity index (χ0) is 14.5. The van der Waals surface area contributed by atoms with Gasteiger partial charge in [-0.2, -0.15) is 0 Å². The van der Waals surface area contributed by atoms with Crippen LogP contribution in [0.25, 0.3) is 11.3 Å². The van der Waals surface area contributed by atoms with Crippen LogP contribution in [0.4, 0.5) is 0 Å². The van der Waals surface area contributed by atoms with Crippen LogP contribution in [-0.4, -0.2) is 29.4 Å². The molecular formula is C15H17NO4. The summed E-state index contributed by atoms with van der Waals surface area (Å²) in [7, 11) is 1.71. The Bertz CT molecular complexity index is 574. The molecule has 0 aliphatic carbocycles. The topological polar surface area (TPSA) is 72.6 Å². The van der Waals surface area contributed by atoms with Crippen molar-refractivity contribution in [1.82, 2.24) is 5.16 Å². The average Bonchev–Trinajstić information content (AvgIpc) is 2.95. The number of carboxylic acids is 1. The van der Waals surface area contributed by atoms with E-state index in [0.717, 1.165) is 18.4 Å². The summed E-state index contributed by atoms with van der Waals surface area (Å²) in [6.07, 6.45) is 2.14. The van der Waals surface area contributed by atoms with Gasteiger partial charge in [-0.1, -0.05) is 29.4 Å². The van der Waals surface area contributed by atoms with E-state index < -0.39 is 5.97 Å². The van der Waals surface area contributed by atoms with Crippen molar-refractivity contribution < 1.29 is 19.2 Å². The Balaban J connectivity index is 2.05. The van der Waals surface area contributed by atoms with Crippen LogP contribution in [0, 0.1) is 0 Å². The number of aromatic nitrogens is 1. The molecule has 1 N–H and O–H groups in total. The van der Waals surface area contributed by atoms with E-state index in [1.165, 1.54) is 11.6 Å². The Morgan fingerprint density at radius 3 is 2.65 bits per heavy atom. The quantitative estimate of drug-likeness (QED) is 0.877. The molecule has 5 heteroatoms. The summed E-state index contributed by atoms with van der Waals surface area (Å²) in [5.74, 6) is -1.27. The number of nitrogens with zero attached hydrogens (tertiary/aromatic N) is 1. The zero-order valence-electron chi connectivity index (χ0n) is 11.5. The highest BCUT2D eigenvalue weighted by molar-refractivity contribution is 5.85. The standard InChI is InChI=1S/C15H17NO4/c1-10(19-2)3-4-11-5-7-12(8-6-11)13-9-14(15(17)18)20-16-13/h5-10H,3-4H2,1-2H3,(H,17,18). The van der Waals surface area contributed by atoms with Crippen LogP contribution in [0.3, 0.4) is 0 Å². The number of aryl methyl sites for hydroxylation is 1. The lowest BCUT2D eigenvalue weighted by Gasteiger charge is -2.08. The van der Waals surface area contributed by atoms with E-state index in [-0.39, 0.29) is 11.9 Å². The molecule has 0 aliphatic rings. The van der Waals surface area contributed by atoms with E-state index in [2.05, 4.69) is 5.16 Å². The van der Waals surface area contributed by atoms with Gasteiger partial charge in [0.25, 0.3) is 0 Å². The number of rotatable bonds is 6. The van der Waals surface area contributed by atoms with Crippen LogP contribution in [0.5, 0.6) is 0 Å². The molecule has 0 radical (unpaired) electrons. The normalized spacial score (nSPS) is 12.3. The van der Waals surface area contributed by atoms with Crippen LogP contribution in [0.15, 0.2) is 34.9 Å². The Kier molecular flexibility index (Phi) is 4.53. The number of hydrogen-bond donors (Lipinski definition) is 1. The molecule has 0 aliphatic heterocycles. The minimum Gasteiger partial charge on any atom is -0.475 e. The van der Waals surface area contributed by atoms with Crippen molar-refractivity contribution >= 4 is 5.97 Å². The number of carboxylic acid groups (broad SMARTS) is 1. The Labute approximate surface area is 117 Å². The van der Waals surface area contributed by atoms with Crippen molar-refractivity contribution in [2.24, 2.45) is 0 Å². The third kappa shape index (κ3) is 3.45. The summed E-state index contributed by atoms with van der Waals surface area (Å²) in [4.78, 5) is 10.7. The minimum atomic E-state index is -1.12. The first kappa shape index (κ1) is 14.3. The van der Waals surface area contributed by atoms with E-state index in [4.69, 9.17) is 14.4 Å². The second-order valence-corrected chi connectivity index (χ2v) is 4.66. The number of benzene rings is 1. The smallest absolute Gasteiger partial charge is 0.374 e. The van der Waals surface area contributed by atoms with Gasteiger partial charge in [0.15, 0.2) is 0 Å². The first-order valence-corrected chi connectivity index (χ1v) is 6.42. The average molecular weight is 275 g/mol. The second kappa shape index (κ2) is 6.34. The van der Waals surface area contributed by atoms with Crippen LogP contribution in [0.1, 0.15) is 29.5 Å². The Morgan fingerprint density at radius 1 is 1.40 bits per heavy atom. The van der Waals surface area contributed by atoms with Gasteiger partial charge in [-0.05, 0) is 25.3 Å². The van der Waals surface area contributed by atoms with E-state index in [0.29, 0.717) is 5.69 Å². The number of aromatic carboxylic acids is 1. The van der Waals surface area contributed by atoms with Gasteiger partial charge >= 0.3 is 5.97 Å². The van der Waals surface area contributed by atoms with Gasteiger partial charge in [-0.25, -0.2) is 4.79 Å². The van der Waals surface area contributed by atoms with Crippen molar-refractivity contribution in [2.75, 3.05) is 7.11 Å². The van der Waals surface area contributed by atoms with E-state index in [9.17, 15) is 4.79 Å². The van der Waals surface area contributed by atoms with Gasteiger partial charge in [0.2, 0.25) is 5.76 Å². The number of methoxy groups -OCH3 is 1. The van der Waals surface area contributed by atoms with Gasteiger partial charge in [-0.3, -0.25) is 0 Å². The highest BCUT2D eigenvalue weighted by Gasteiger charge is 2.12. The maximum atomic E-state index is 10.7. The molecule has 106 valence electrons. The summed E-state index contributed by atoms with van der Waals surface area (Å²) >= 11 is 0. The van der Waals surface area contributed by atoms with Crippen molar-refractivity contribution in [3.8, 4) is 11.3 Å². The van der Waals surface area contributed by atoms with Crippen LogP contribution in [-0.2, 0) is 11.2 Å². The minimum absolute atomic E-state index is 0.155. The lowest BCUT2D eigenvalue weighted by molar-refractivity contribution is 0.0652. The van der Waals surface area contributed by atoms with Gasteiger partial charge in [-0.15, -0.1) is 0 Å². The van der Waals surface area contributed by atoms with Crippen molar-refractivity contribution in [1.29, 1.82) is 0 Å². The maximum absolute atomic E-state index is 10.7. The lowest BCUT2D eigenvalue weighted by Crippen LogP contribution is -2.05. The number of ether oxygens (including phenoxy) is 1. The molecule has 1 unspecified atom stereocenters. The van der Waals surface area contributed by atoms with E-state index in [1.54, 1.807) is 7.11 Å². The predicted octanol–water partition coefficient (Wildman–Crippen LogP) is 3.01. The molecule has 0 spiro atoms. The Morgan fingerprint density at radius 2 is 2.10 bits per heavy atom. The van der Waals surface area contributed by atoms with Crippen LogP contribution in [0.2, 0.25) is 0 Å². The fraction of sp³-hybridized carbons (Fsp3) is 0.333. The third-order valence-electron chi connectivity index (χ3n) is 3.21. The fourth-order valence-electron chi connectivity index (χ4n) is 1.84. The number of hydrogen-bond acceptors (Lipinski definition) is 4. The molecule has 0 bridgehead atoms. The van der Waals surface area contributed by atoms with E-state index >= 15 is 0 Å². The van der Waals surface area contributed by atoms with Gasteiger partial charge in [0.1, 0.15) is 5.69 Å². The van der Waals surface area contributed by atoms with Crippen molar-refractivity contribution in [3.05, 3.63) is 41.7 Å². The molecule has 1 aromatic carbocycles.